The molecule has 2 fully saturated rings. The standard InChI is InChI=1S/C11H20N2O2/c1-13-7-2-5-11(6-8-13,10(14)15)12-9-3-4-9/h9,12H,2-8H2,1H3,(H,14,15). The Balaban J connectivity index is 2.05. The second-order valence-corrected chi connectivity index (χ2v) is 4.96. The van der Waals surface area contributed by atoms with Crippen LogP contribution < -0.4 is 5.32 Å². The number of aliphatic carboxylic acids is 1. The summed E-state index contributed by atoms with van der Waals surface area (Å²) >= 11 is 0. The van der Waals surface area contributed by atoms with E-state index in [0.29, 0.717) is 6.04 Å². The van der Waals surface area contributed by atoms with Crippen LogP contribution in [0.15, 0.2) is 0 Å². The Morgan fingerprint density at radius 3 is 2.73 bits per heavy atom. The first-order valence-corrected chi connectivity index (χ1v) is 5.82. The number of carbonyl (C=O) groups is 1. The minimum Gasteiger partial charge on any atom is -0.480 e. The van der Waals surface area contributed by atoms with Gasteiger partial charge in [-0.15, -0.1) is 0 Å². The summed E-state index contributed by atoms with van der Waals surface area (Å²) in [6.07, 6.45) is 4.76. The highest BCUT2D eigenvalue weighted by Crippen LogP contribution is 2.29. The smallest absolute Gasteiger partial charge is 0.323 e. The van der Waals surface area contributed by atoms with E-state index < -0.39 is 11.5 Å². The normalized spacial score (nSPS) is 33.7. The number of nitrogens with zero attached hydrogens (tertiary/aromatic N) is 1. The van der Waals surface area contributed by atoms with Crippen molar-refractivity contribution >= 4 is 5.97 Å². The zero-order valence-electron chi connectivity index (χ0n) is 9.33. The van der Waals surface area contributed by atoms with Crippen LogP contribution in [0.3, 0.4) is 0 Å². The molecule has 1 aliphatic carbocycles. The van der Waals surface area contributed by atoms with E-state index in [1.807, 2.05) is 0 Å². The summed E-state index contributed by atoms with van der Waals surface area (Å²) in [4.78, 5) is 13.6. The molecule has 1 atom stereocenters. The summed E-state index contributed by atoms with van der Waals surface area (Å²) in [5, 5.41) is 12.7. The average Bonchev–Trinajstić information content (AvgIpc) is 2.97. The van der Waals surface area contributed by atoms with Crippen molar-refractivity contribution < 1.29 is 9.90 Å². The highest BCUT2D eigenvalue weighted by Gasteiger charge is 2.42. The third-order valence-electron chi connectivity index (χ3n) is 3.53. The predicted octanol–water partition coefficient (Wildman–Crippen LogP) is 0.677. The van der Waals surface area contributed by atoms with Crippen molar-refractivity contribution in [2.24, 2.45) is 0 Å². The van der Waals surface area contributed by atoms with Gasteiger partial charge in [-0.1, -0.05) is 0 Å². The minimum absolute atomic E-state index is 0.463. The van der Waals surface area contributed by atoms with E-state index in [9.17, 15) is 9.90 Å². The molecule has 0 aromatic heterocycles. The van der Waals surface area contributed by atoms with Gasteiger partial charge in [0.15, 0.2) is 0 Å². The van der Waals surface area contributed by atoms with E-state index in [0.717, 1.165) is 45.2 Å². The Morgan fingerprint density at radius 1 is 1.40 bits per heavy atom. The summed E-state index contributed by atoms with van der Waals surface area (Å²) < 4.78 is 0. The number of carboxylic acid groups (broad SMARTS) is 1. The largest absolute Gasteiger partial charge is 0.480 e. The molecule has 1 saturated carbocycles. The molecule has 1 aliphatic heterocycles. The fraction of sp³-hybridized carbons (Fsp3) is 0.909. The van der Waals surface area contributed by atoms with Crippen molar-refractivity contribution in [1.82, 2.24) is 10.2 Å². The monoisotopic (exact) mass is 212 g/mol. The maximum atomic E-state index is 11.4. The van der Waals surface area contributed by atoms with Gasteiger partial charge in [0, 0.05) is 12.6 Å². The van der Waals surface area contributed by atoms with Gasteiger partial charge in [0.25, 0.3) is 0 Å². The molecule has 15 heavy (non-hydrogen) atoms. The SMILES string of the molecule is CN1CCCC(NC2CC2)(C(=O)O)CC1. The summed E-state index contributed by atoms with van der Waals surface area (Å²) in [5.74, 6) is -0.662. The van der Waals surface area contributed by atoms with E-state index in [4.69, 9.17) is 0 Å². The molecule has 86 valence electrons. The Bertz CT molecular complexity index is 253. The maximum absolute atomic E-state index is 11.4. The summed E-state index contributed by atoms with van der Waals surface area (Å²) in [5.41, 5.74) is -0.647. The Labute approximate surface area is 90.6 Å². The lowest BCUT2D eigenvalue weighted by Gasteiger charge is -2.29. The molecule has 0 radical (unpaired) electrons. The maximum Gasteiger partial charge on any atom is 0.323 e. The molecule has 0 bridgehead atoms. The molecule has 1 saturated heterocycles. The molecule has 1 unspecified atom stereocenters. The zero-order valence-corrected chi connectivity index (χ0v) is 9.33. The zero-order chi connectivity index (χ0) is 10.9. The van der Waals surface area contributed by atoms with E-state index in [1.54, 1.807) is 0 Å². The van der Waals surface area contributed by atoms with Crippen molar-refractivity contribution in [3.05, 3.63) is 0 Å². The van der Waals surface area contributed by atoms with Crippen LogP contribution in [0, 0.1) is 0 Å². The van der Waals surface area contributed by atoms with Crippen molar-refractivity contribution in [1.29, 1.82) is 0 Å². The molecular weight excluding hydrogens is 192 g/mol. The summed E-state index contributed by atoms with van der Waals surface area (Å²) in [6.45, 7) is 1.90. The van der Waals surface area contributed by atoms with Gasteiger partial charge >= 0.3 is 5.97 Å². The molecule has 2 rings (SSSR count). The third kappa shape index (κ3) is 2.49. The number of nitrogens with one attached hydrogen (secondary N) is 1. The molecule has 2 N–H and O–H groups in total. The number of hydrogen-bond acceptors (Lipinski definition) is 3. The molecule has 0 aromatic carbocycles. The molecule has 4 heteroatoms. The van der Waals surface area contributed by atoms with Crippen LogP contribution in [-0.4, -0.2) is 47.7 Å². The molecule has 1 heterocycles. The molecule has 2 aliphatic rings. The van der Waals surface area contributed by atoms with Crippen molar-refractivity contribution in [2.75, 3.05) is 20.1 Å². The van der Waals surface area contributed by atoms with E-state index >= 15 is 0 Å². The molecule has 0 amide bonds. The minimum atomic E-state index is -0.662. The summed E-state index contributed by atoms with van der Waals surface area (Å²) in [6, 6.07) is 0.463. The van der Waals surface area contributed by atoms with Crippen molar-refractivity contribution in [3.63, 3.8) is 0 Å². The summed E-state index contributed by atoms with van der Waals surface area (Å²) in [7, 11) is 2.06. The van der Waals surface area contributed by atoms with Gasteiger partial charge in [-0.05, 0) is 45.7 Å². The van der Waals surface area contributed by atoms with Crippen LogP contribution >= 0.6 is 0 Å². The first kappa shape index (κ1) is 10.9. The van der Waals surface area contributed by atoms with Gasteiger partial charge in [0.05, 0.1) is 0 Å². The average molecular weight is 212 g/mol. The second kappa shape index (κ2) is 4.10. The number of hydrogen-bond donors (Lipinski definition) is 2. The van der Waals surface area contributed by atoms with Gasteiger partial charge in [-0.3, -0.25) is 10.1 Å². The Morgan fingerprint density at radius 2 is 2.13 bits per heavy atom. The molecule has 0 aromatic rings. The fourth-order valence-corrected chi connectivity index (χ4v) is 2.31. The van der Waals surface area contributed by atoms with Crippen LogP contribution in [-0.2, 0) is 4.79 Å². The predicted molar refractivity (Wildman–Crippen MR) is 57.9 cm³/mol. The van der Waals surface area contributed by atoms with Crippen LogP contribution in [0.4, 0.5) is 0 Å². The van der Waals surface area contributed by atoms with Gasteiger partial charge < -0.3 is 10.0 Å². The fourth-order valence-electron chi connectivity index (χ4n) is 2.31. The van der Waals surface area contributed by atoms with E-state index in [2.05, 4.69) is 17.3 Å². The van der Waals surface area contributed by atoms with E-state index in [-0.39, 0.29) is 0 Å². The quantitative estimate of drug-likeness (QED) is 0.722. The molecular formula is C11H20N2O2. The Hall–Kier alpha value is -0.610. The van der Waals surface area contributed by atoms with Crippen LogP contribution in [0.1, 0.15) is 32.1 Å². The highest BCUT2D eigenvalue weighted by atomic mass is 16.4. The third-order valence-corrected chi connectivity index (χ3v) is 3.53. The lowest BCUT2D eigenvalue weighted by molar-refractivity contribution is -0.145. The molecule has 0 spiro atoms. The second-order valence-electron chi connectivity index (χ2n) is 4.96. The van der Waals surface area contributed by atoms with Gasteiger partial charge in [0.2, 0.25) is 0 Å². The first-order valence-electron chi connectivity index (χ1n) is 5.82. The van der Waals surface area contributed by atoms with Gasteiger partial charge in [0.1, 0.15) is 5.54 Å². The lowest BCUT2D eigenvalue weighted by atomic mass is 9.90. The van der Waals surface area contributed by atoms with Crippen LogP contribution in [0.25, 0.3) is 0 Å². The van der Waals surface area contributed by atoms with E-state index in [1.165, 1.54) is 0 Å². The number of likely N-dealkylation sites (tertiary alicyclic amines) is 1. The lowest BCUT2D eigenvalue weighted by Crippen LogP contribution is -2.53. The van der Waals surface area contributed by atoms with Crippen LogP contribution in [0.5, 0.6) is 0 Å². The Kier molecular flexibility index (Phi) is 2.98. The number of carboxylic acids is 1. The highest BCUT2D eigenvalue weighted by molar-refractivity contribution is 5.79. The van der Waals surface area contributed by atoms with Crippen LogP contribution in [0.2, 0.25) is 0 Å². The molecule has 4 nitrogen and oxygen atoms in total. The first-order chi connectivity index (χ1) is 7.12. The van der Waals surface area contributed by atoms with Gasteiger partial charge in [-0.2, -0.15) is 0 Å². The van der Waals surface area contributed by atoms with Gasteiger partial charge in [-0.25, -0.2) is 0 Å². The van der Waals surface area contributed by atoms with Crippen molar-refractivity contribution in [2.45, 2.75) is 43.7 Å². The topological polar surface area (TPSA) is 52.6 Å². The number of rotatable bonds is 3. The van der Waals surface area contributed by atoms with Crippen molar-refractivity contribution in [3.8, 4) is 0 Å².